The normalized spacial score (nSPS) is 15.8. The summed E-state index contributed by atoms with van der Waals surface area (Å²) in [4.78, 5) is 37.3. The van der Waals surface area contributed by atoms with E-state index in [0.29, 0.717) is 34.2 Å². The van der Waals surface area contributed by atoms with Crippen LogP contribution in [0.1, 0.15) is 44.4 Å². The minimum Gasteiger partial charge on any atom is -0.312 e. The van der Waals surface area contributed by atoms with Gasteiger partial charge in [0.15, 0.2) is 0 Å². The van der Waals surface area contributed by atoms with Crippen molar-refractivity contribution in [1.82, 2.24) is 10.2 Å². The number of amides is 2. The Bertz CT molecular complexity index is 1240. The Morgan fingerprint density at radius 3 is 2.59 bits per heavy atom. The van der Waals surface area contributed by atoms with E-state index in [9.17, 15) is 19.7 Å². The number of hydrogen-bond acceptors (Lipinski definition) is 7. The van der Waals surface area contributed by atoms with Crippen molar-refractivity contribution in [3.05, 3.63) is 73.8 Å². The Morgan fingerprint density at radius 2 is 1.91 bits per heavy atom. The molecule has 4 rings (SSSR count). The summed E-state index contributed by atoms with van der Waals surface area (Å²) >= 11 is 1.23. The molecule has 1 unspecified atom stereocenters. The van der Waals surface area contributed by atoms with Gasteiger partial charge in [0.05, 0.1) is 4.92 Å². The third kappa shape index (κ3) is 4.22. The molecule has 0 saturated carbocycles. The Kier molecular flexibility index (Phi) is 5.70. The van der Waals surface area contributed by atoms with Gasteiger partial charge in [-0.15, -0.1) is 10.2 Å². The summed E-state index contributed by atoms with van der Waals surface area (Å²) in [7, 11) is 0. The number of anilines is 2. The van der Waals surface area contributed by atoms with Gasteiger partial charge in [0.1, 0.15) is 5.01 Å². The second kappa shape index (κ2) is 8.46. The molecule has 1 N–H and O–H groups in total. The zero-order chi connectivity index (χ0) is 23.0. The van der Waals surface area contributed by atoms with Gasteiger partial charge < -0.3 is 4.90 Å². The lowest BCUT2D eigenvalue weighted by atomic mass is 10.1. The summed E-state index contributed by atoms with van der Waals surface area (Å²) < 4.78 is 0. The average molecular weight is 452 g/mol. The Labute approximate surface area is 188 Å². The van der Waals surface area contributed by atoms with Gasteiger partial charge in [-0.2, -0.15) is 0 Å². The van der Waals surface area contributed by atoms with E-state index in [-0.39, 0.29) is 17.5 Å². The summed E-state index contributed by atoms with van der Waals surface area (Å²) in [6, 6.07) is 10.1. The second-order valence-electron chi connectivity index (χ2n) is 7.83. The molecule has 2 amide bonds. The van der Waals surface area contributed by atoms with Gasteiger partial charge in [0.2, 0.25) is 11.0 Å². The topological polar surface area (TPSA) is 118 Å². The first-order valence-electron chi connectivity index (χ1n) is 10.0. The zero-order valence-corrected chi connectivity index (χ0v) is 18.6. The standard InChI is InChI=1S/C22H21N5O4S/c1-12-4-6-17(9-13(12)2)26-11-16(10-19(26)28)21-24-25-22(32-21)23-20(29)15-5-7-18(27(30)31)14(3)8-15/h4-9,16H,10-11H2,1-3H3,(H,23,25,29). The molecule has 9 nitrogen and oxygen atoms in total. The van der Waals surface area contributed by atoms with E-state index < -0.39 is 10.8 Å². The number of nitro groups is 1. The van der Waals surface area contributed by atoms with E-state index in [1.807, 2.05) is 32.0 Å². The lowest BCUT2D eigenvalue weighted by Gasteiger charge is -2.17. The zero-order valence-electron chi connectivity index (χ0n) is 17.8. The molecule has 1 aromatic heterocycles. The molecule has 1 fully saturated rings. The first-order chi connectivity index (χ1) is 15.2. The van der Waals surface area contributed by atoms with Crippen molar-refractivity contribution in [3.8, 4) is 0 Å². The minimum absolute atomic E-state index is 0.0281. The molecule has 0 spiro atoms. The van der Waals surface area contributed by atoms with Crippen molar-refractivity contribution in [1.29, 1.82) is 0 Å². The van der Waals surface area contributed by atoms with Crippen LogP contribution in [0.3, 0.4) is 0 Å². The van der Waals surface area contributed by atoms with E-state index in [4.69, 9.17) is 0 Å². The van der Waals surface area contributed by atoms with Crippen molar-refractivity contribution in [2.24, 2.45) is 0 Å². The Hall–Kier alpha value is -3.66. The molecule has 164 valence electrons. The van der Waals surface area contributed by atoms with Gasteiger partial charge in [0, 0.05) is 41.8 Å². The molecular formula is C22H21N5O4S. The summed E-state index contributed by atoms with van der Waals surface area (Å²) in [6.07, 6.45) is 0.330. The van der Waals surface area contributed by atoms with E-state index in [1.165, 1.54) is 35.1 Å². The van der Waals surface area contributed by atoms with Crippen LogP contribution in [0.5, 0.6) is 0 Å². The number of nitro benzene ring substituents is 1. The average Bonchev–Trinajstić information content (AvgIpc) is 3.36. The highest BCUT2D eigenvalue weighted by atomic mass is 32.1. The van der Waals surface area contributed by atoms with Crippen molar-refractivity contribution in [2.45, 2.75) is 33.1 Å². The number of rotatable bonds is 5. The third-order valence-corrected chi connectivity index (χ3v) is 6.59. The predicted octanol–water partition coefficient (Wildman–Crippen LogP) is 4.14. The summed E-state index contributed by atoms with van der Waals surface area (Å²) in [5.41, 5.74) is 3.82. The fourth-order valence-corrected chi connectivity index (χ4v) is 4.47. The molecule has 0 radical (unpaired) electrons. The molecule has 10 heteroatoms. The fourth-order valence-electron chi connectivity index (χ4n) is 3.64. The first-order valence-corrected chi connectivity index (χ1v) is 10.8. The molecule has 1 aliphatic rings. The van der Waals surface area contributed by atoms with Gasteiger partial charge in [-0.3, -0.25) is 25.0 Å². The molecule has 2 aromatic carbocycles. The summed E-state index contributed by atoms with van der Waals surface area (Å²) in [5.74, 6) is -0.501. The van der Waals surface area contributed by atoms with Gasteiger partial charge in [-0.1, -0.05) is 17.4 Å². The molecule has 2 heterocycles. The fraction of sp³-hybridized carbons (Fsp3) is 0.273. The minimum atomic E-state index is -0.488. The van der Waals surface area contributed by atoms with Crippen LogP contribution in [0.15, 0.2) is 36.4 Å². The van der Waals surface area contributed by atoms with Crippen molar-refractivity contribution in [3.63, 3.8) is 0 Å². The van der Waals surface area contributed by atoms with Crippen LogP contribution in [0.25, 0.3) is 0 Å². The highest BCUT2D eigenvalue weighted by Crippen LogP contribution is 2.35. The number of benzene rings is 2. The van der Waals surface area contributed by atoms with Crippen LogP contribution in [0, 0.1) is 30.9 Å². The molecule has 0 bridgehead atoms. The van der Waals surface area contributed by atoms with Crippen molar-refractivity contribution < 1.29 is 14.5 Å². The number of nitrogens with one attached hydrogen (secondary N) is 1. The molecular weight excluding hydrogens is 430 g/mol. The smallest absolute Gasteiger partial charge is 0.272 e. The lowest BCUT2D eigenvalue weighted by Crippen LogP contribution is -2.24. The van der Waals surface area contributed by atoms with E-state index >= 15 is 0 Å². The highest BCUT2D eigenvalue weighted by Gasteiger charge is 2.34. The molecule has 1 aliphatic heterocycles. The second-order valence-corrected chi connectivity index (χ2v) is 8.84. The maximum absolute atomic E-state index is 12.6. The van der Waals surface area contributed by atoms with Crippen LogP contribution >= 0.6 is 11.3 Å². The lowest BCUT2D eigenvalue weighted by molar-refractivity contribution is -0.385. The van der Waals surface area contributed by atoms with Crippen LogP contribution < -0.4 is 10.2 Å². The van der Waals surface area contributed by atoms with E-state index in [2.05, 4.69) is 15.5 Å². The quantitative estimate of drug-likeness (QED) is 0.460. The van der Waals surface area contributed by atoms with Crippen LogP contribution in [-0.2, 0) is 4.79 Å². The first kappa shape index (κ1) is 21.6. The monoisotopic (exact) mass is 451 g/mol. The number of aryl methyl sites for hydroxylation is 3. The van der Waals surface area contributed by atoms with E-state index in [0.717, 1.165) is 11.3 Å². The number of carbonyl (C=O) groups excluding carboxylic acids is 2. The maximum atomic E-state index is 12.6. The predicted molar refractivity (Wildman–Crippen MR) is 121 cm³/mol. The van der Waals surface area contributed by atoms with Crippen molar-refractivity contribution in [2.75, 3.05) is 16.8 Å². The number of nitrogens with zero attached hydrogens (tertiary/aromatic N) is 4. The molecule has 0 aliphatic carbocycles. The van der Waals surface area contributed by atoms with Crippen LogP contribution in [0.4, 0.5) is 16.5 Å². The SMILES string of the molecule is Cc1ccc(N2CC(c3nnc(NC(=O)c4ccc([N+](=O)[O-])c(C)c4)s3)CC2=O)cc1C. The summed E-state index contributed by atoms with van der Waals surface area (Å²) in [6.45, 7) is 6.13. The van der Waals surface area contributed by atoms with Gasteiger partial charge >= 0.3 is 0 Å². The van der Waals surface area contributed by atoms with Crippen LogP contribution in [0.2, 0.25) is 0 Å². The highest BCUT2D eigenvalue weighted by molar-refractivity contribution is 7.15. The molecule has 3 aromatic rings. The number of hydrogen-bond donors (Lipinski definition) is 1. The molecule has 32 heavy (non-hydrogen) atoms. The Morgan fingerprint density at radius 1 is 1.12 bits per heavy atom. The number of aromatic nitrogens is 2. The van der Waals surface area contributed by atoms with Gasteiger partial charge in [-0.05, 0) is 56.2 Å². The van der Waals surface area contributed by atoms with Crippen molar-refractivity contribution >= 4 is 39.7 Å². The van der Waals surface area contributed by atoms with Gasteiger partial charge in [-0.25, -0.2) is 0 Å². The number of carbonyl (C=O) groups is 2. The van der Waals surface area contributed by atoms with Gasteiger partial charge in [0.25, 0.3) is 11.6 Å². The third-order valence-electron chi connectivity index (χ3n) is 5.59. The Balaban J connectivity index is 1.45. The van der Waals surface area contributed by atoms with Crippen LogP contribution in [-0.4, -0.2) is 33.5 Å². The molecule has 1 atom stereocenters. The largest absolute Gasteiger partial charge is 0.312 e. The van der Waals surface area contributed by atoms with E-state index in [1.54, 1.807) is 11.8 Å². The summed E-state index contributed by atoms with van der Waals surface area (Å²) in [5, 5.41) is 22.9. The molecule has 1 saturated heterocycles. The maximum Gasteiger partial charge on any atom is 0.272 e.